The summed E-state index contributed by atoms with van der Waals surface area (Å²) < 4.78 is 5.66. The lowest BCUT2D eigenvalue weighted by Gasteiger charge is -2.33. The normalized spacial score (nSPS) is 18.8. The van der Waals surface area contributed by atoms with Gasteiger partial charge >= 0.3 is 0 Å². The number of phenols is 2. The van der Waals surface area contributed by atoms with Crippen molar-refractivity contribution < 1.29 is 30.1 Å². The van der Waals surface area contributed by atoms with Gasteiger partial charge in [-0.05, 0) is 22.0 Å². The molecular weight excluding hydrogens is 394 g/mol. The number of halogens is 1. The molecule has 1 aliphatic heterocycles. The quantitative estimate of drug-likeness (QED) is 0.393. The van der Waals surface area contributed by atoms with Gasteiger partial charge in [-0.2, -0.15) is 0 Å². The molecule has 1 amide bonds. The van der Waals surface area contributed by atoms with E-state index in [0.717, 1.165) is 0 Å². The second-order valence-corrected chi connectivity index (χ2v) is 6.34. The number of hydrogen-bond donors (Lipinski definition) is 5. The predicted octanol–water partition coefficient (Wildman–Crippen LogP) is 2.38. The number of rotatable bonds is 3. The maximum Gasteiger partial charge on any atom is 0.246 e. The van der Waals surface area contributed by atoms with Crippen molar-refractivity contribution in [3.8, 4) is 17.2 Å². The Morgan fingerprint density at radius 2 is 1.92 bits per heavy atom. The van der Waals surface area contributed by atoms with Crippen LogP contribution >= 0.6 is 15.9 Å². The number of amides is 1. The maximum absolute atomic E-state index is 11.7. The first kappa shape index (κ1) is 17.3. The first-order chi connectivity index (χ1) is 11.9. The van der Waals surface area contributed by atoms with Crippen molar-refractivity contribution in [3.05, 3.63) is 58.1 Å². The lowest BCUT2D eigenvalue weighted by atomic mass is 9.85. The van der Waals surface area contributed by atoms with Crippen molar-refractivity contribution in [3.63, 3.8) is 0 Å². The number of phenolic OH excluding ortho intramolecular Hbond substituents is 2. The monoisotopic (exact) mass is 407 g/mol. The van der Waals surface area contributed by atoms with E-state index < -0.39 is 23.7 Å². The second-order valence-electron chi connectivity index (χ2n) is 5.54. The van der Waals surface area contributed by atoms with E-state index in [2.05, 4.69) is 15.9 Å². The van der Waals surface area contributed by atoms with Crippen LogP contribution in [0.3, 0.4) is 0 Å². The molecule has 25 heavy (non-hydrogen) atoms. The summed E-state index contributed by atoms with van der Waals surface area (Å²) >= 11 is 3.02. The van der Waals surface area contributed by atoms with Gasteiger partial charge in [-0.1, -0.05) is 30.3 Å². The average molecular weight is 408 g/mol. The highest BCUT2D eigenvalue weighted by Crippen LogP contribution is 2.51. The van der Waals surface area contributed by atoms with Gasteiger partial charge in [0, 0.05) is 11.6 Å². The number of hydrogen-bond acceptors (Lipinski definition) is 6. The number of benzene rings is 2. The number of hydroxylamine groups is 1. The molecule has 0 radical (unpaired) electrons. The van der Waals surface area contributed by atoms with Crippen molar-refractivity contribution >= 4 is 27.6 Å². The lowest BCUT2D eigenvalue weighted by Crippen LogP contribution is -2.35. The van der Waals surface area contributed by atoms with Gasteiger partial charge in [-0.25, -0.2) is 5.48 Å². The molecule has 1 atom stereocenters. The Bertz CT molecular complexity index is 867. The van der Waals surface area contributed by atoms with Crippen molar-refractivity contribution in [1.82, 2.24) is 5.48 Å². The van der Waals surface area contributed by atoms with E-state index in [1.54, 1.807) is 30.3 Å². The molecule has 1 unspecified atom stereocenters. The van der Waals surface area contributed by atoms with Crippen molar-refractivity contribution in [2.24, 2.45) is 0 Å². The molecule has 0 bridgehead atoms. The van der Waals surface area contributed by atoms with E-state index in [9.17, 15) is 20.1 Å². The Labute approximate surface area is 150 Å². The third-order valence-corrected chi connectivity index (χ3v) is 4.60. The van der Waals surface area contributed by atoms with E-state index in [1.807, 2.05) is 0 Å². The molecule has 1 heterocycles. The van der Waals surface area contributed by atoms with Crippen molar-refractivity contribution in [2.45, 2.75) is 12.0 Å². The zero-order chi connectivity index (χ0) is 18.2. The summed E-state index contributed by atoms with van der Waals surface area (Å²) in [5.74, 6) is -1.39. The average Bonchev–Trinajstić information content (AvgIpc) is 2.59. The summed E-state index contributed by atoms with van der Waals surface area (Å²) in [6.07, 6.45) is 0.712. The van der Waals surface area contributed by atoms with Crippen LogP contribution in [0.1, 0.15) is 17.5 Å². The number of fused-ring (bicyclic) bond motifs is 1. The molecule has 0 saturated heterocycles. The minimum atomic E-state index is -1.97. The topological polar surface area (TPSA) is 119 Å². The molecule has 0 fully saturated rings. The fourth-order valence-electron chi connectivity index (χ4n) is 2.71. The van der Waals surface area contributed by atoms with Gasteiger partial charge < -0.3 is 20.1 Å². The number of nitrogens with one attached hydrogen (secondary N) is 1. The molecule has 3 rings (SSSR count). The molecule has 0 aromatic heterocycles. The van der Waals surface area contributed by atoms with Gasteiger partial charge in [0.2, 0.25) is 5.91 Å². The standard InChI is InChI=1S/C17H14BrNO6/c18-15-10(20)6-11-14(16(15)22)17(23,8-13(21)19-24)7-12(25-11)9-4-2-1-3-5-9/h1-7,20,22-24H,8H2,(H,19,21). The number of carbonyl (C=O) groups excluding carboxylic acids is 1. The summed E-state index contributed by atoms with van der Waals surface area (Å²) in [7, 11) is 0. The van der Waals surface area contributed by atoms with Gasteiger partial charge in [0.15, 0.2) is 0 Å². The summed E-state index contributed by atoms with van der Waals surface area (Å²) in [4.78, 5) is 11.7. The molecule has 0 saturated carbocycles. The molecule has 130 valence electrons. The predicted molar refractivity (Wildman–Crippen MR) is 91.0 cm³/mol. The number of aliphatic hydroxyl groups is 1. The molecule has 7 nitrogen and oxygen atoms in total. The Kier molecular flexibility index (Phi) is 4.42. The smallest absolute Gasteiger partial charge is 0.246 e. The first-order valence-corrected chi connectivity index (χ1v) is 8.01. The van der Waals surface area contributed by atoms with Gasteiger partial charge in [0.25, 0.3) is 0 Å². The molecule has 5 N–H and O–H groups in total. The van der Waals surface area contributed by atoms with Crippen LogP contribution in [0.5, 0.6) is 17.2 Å². The highest BCUT2D eigenvalue weighted by molar-refractivity contribution is 9.10. The molecule has 0 aliphatic carbocycles. The van der Waals surface area contributed by atoms with Gasteiger partial charge in [-0.3, -0.25) is 10.0 Å². The van der Waals surface area contributed by atoms with E-state index in [-0.39, 0.29) is 27.3 Å². The zero-order valence-electron chi connectivity index (χ0n) is 12.7. The van der Waals surface area contributed by atoms with Crippen molar-refractivity contribution in [2.75, 3.05) is 0 Å². The summed E-state index contributed by atoms with van der Waals surface area (Å²) in [6, 6.07) is 10.0. The molecule has 8 heteroatoms. The third kappa shape index (κ3) is 3.07. The molecule has 0 spiro atoms. The van der Waals surface area contributed by atoms with E-state index in [1.165, 1.54) is 17.6 Å². The van der Waals surface area contributed by atoms with E-state index in [0.29, 0.717) is 5.56 Å². The van der Waals surface area contributed by atoms with Crippen LogP contribution in [0.25, 0.3) is 5.76 Å². The number of aromatic hydroxyl groups is 2. The van der Waals surface area contributed by atoms with E-state index >= 15 is 0 Å². The summed E-state index contributed by atoms with van der Waals surface area (Å²) in [5.41, 5.74) is 0.0164. The maximum atomic E-state index is 11.7. The van der Waals surface area contributed by atoms with Crippen LogP contribution < -0.4 is 10.2 Å². The fourth-order valence-corrected chi connectivity index (χ4v) is 3.02. The fraction of sp³-hybridized carbons (Fsp3) is 0.118. The minimum absolute atomic E-state index is 0.00667. The third-order valence-electron chi connectivity index (χ3n) is 3.82. The molecule has 2 aromatic rings. The molecule has 2 aromatic carbocycles. The first-order valence-electron chi connectivity index (χ1n) is 7.22. The Morgan fingerprint density at radius 3 is 2.56 bits per heavy atom. The highest BCUT2D eigenvalue weighted by atomic mass is 79.9. The van der Waals surface area contributed by atoms with Gasteiger partial charge in [0.1, 0.15) is 33.1 Å². The van der Waals surface area contributed by atoms with Crippen LogP contribution in [-0.4, -0.2) is 26.4 Å². The Morgan fingerprint density at radius 1 is 1.24 bits per heavy atom. The molecular formula is C17H14BrNO6. The number of ether oxygens (including phenoxy) is 1. The zero-order valence-corrected chi connectivity index (χ0v) is 14.3. The summed E-state index contributed by atoms with van der Waals surface area (Å²) in [5, 5.41) is 40.1. The van der Waals surface area contributed by atoms with E-state index in [4.69, 9.17) is 9.94 Å². The Balaban J connectivity index is 2.21. The number of carbonyl (C=O) groups is 1. The highest BCUT2D eigenvalue weighted by Gasteiger charge is 2.41. The van der Waals surface area contributed by atoms with Crippen LogP contribution in [-0.2, 0) is 10.4 Å². The Hall–Kier alpha value is -2.55. The van der Waals surface area contributed by atoms with Crippen LogP contribution in [0, 0.1) is 0 Å². The van der Waals surface area contributed by atoms with Gasteiger partial charge in [0.05, 0.1) is 12.0 Å². The second kappa shape index (κ2) is 6.40. The van der Waals surface area contributed by atoms with Crippen LogP contribution in [0.4, 0.5) is 0 Å². The molecule has 1 aliphatic rings. The SMILES string of the molecule is O=C(CC1(O)C=C(c2ccccc2)Oc2cc(O)c(Br)c(O)c21)NO. The largest absolute Gasteiger partial charge is 0.506 e. The lowest BCUT2D eigenvalue weighted by molar-refractivity contribution is -0.133. The van der Waals surface area contributed by atoms with Gasteiger partial charge in [-0.15, -0.1) is 0 Å². The van der Waals surface area contributed by atoms with Crippen molar-refractivity contribution in [1.29, 1.82) is 0 Å². The minimum Gasteiger partial charge on any atom is -0.506 e. The van der Waals surface area contributed by atoms with Crippen LogP contribution in [0.2, 0.25) is 0 Å². The van der Waals surface area contributed by atoms with Crippen LogP contribution in [0.15, 0.2) is 46.9 Å². The summed E-state index contributed by atoms with van der Waals surface area (Å²) in [6.45, 7) is 0.